The van der Waals surface area contributed by atoms with Gasteiger partial charge in [-0.25, -0.2) is 0 Å². The van der Waals surface area contributed by atoms with Crippen LogP contribution in [-0.2, 0) is 9.59 Å². The summed E-state index contributed by atoms with van der Waals surface area (Å²) in [5, 5.41) is 3.44. The van der Waals surface area contributed by atoms with Gasteiger partial charge in [-0.1, -0.05) is 37.6 Å². The quantitative estimate of drug-likeness (QED) is 0.687. The van der Waals surface area contributed by atoms with Crippen molar-refractivity contribution in [1.82, 2.24) is 4.90 Å². The summed E-state index contributed by atoms with van der Waals surface area (Å²) < 4.78 is 10.8. The zero-order valence-corrected chi connectivity index (χ0v) is 17.5. The minimum Gasteiger partial charge on any atom is -0.495 e. The van der Waals surface area contributed by atoms with E-state index in [4.69, 9.17) is 21.1 Å². The number of hydrogen-bond acceptors (Lipinski definition) is 5. The Bertz CT molecular complexity index is 967. The number of imide groups is 1. The van der Waals surface area contributed by atoms with Crippen LogP contribution in [0.3, 0.4) is 0 Å². The largest absolute Gasteiger partial charge is 0.495 e. The van der Waals surface area contributed by atoms with Crippen molar-refractivity contribution in [2.45, 2.75) is 13.8 Å². The Morgan fingerprint density at radius 3 is 2.34 bits per heavy atom. The Morgan fingerprint density at radius 2 is 1.76 bits per heavy atom. The first-order valence-corrected chi connectivity index (χ1v) is 9.60. The van der Waals surface area contributed by atoms with E-state index in [1.165, 1.54) is 14.2 Å². The fourth-order valence-electron chi connectivity index (χ4n) is 2.89. The average Bonchev–Trinajstić information content (AvgIpc) is 2.91. The second kappa shape index (κ2) is 8.57. The molecule has 0 unspecified atom stereocenters. The molecule has 0 aliphatic carbocycles. The van der Waals surface area contributed by atoms with Gasteiger partial charge in [-0.2, -0.15) is 0 Å². The highest BCUT2D eigenvalue weighted by Crippen LogP contribution is 2.33. The number of benzene rings is 2. The van der Waals surface area contributed by atoms with Crippen molar-refractivity contribution in [2.24, 2.45) is 5.92 Å². The minimum absolute atomic E-state index is 0.203. The van der Waals surface area contributed by atoms with Crippen molar-refractivity contribution in [3.8, 4) is 11.5 Å². The van der Waals surface area contributed by atoms with E-state index >= 15 is 0 Å². The molecular formula is C22H23ClN2O4. The molecule has 6 nitrogen and oxygen atoms in total. The number of nitrogens with one attached hydrogen (secondary N) is 1. The Balaban J connectivity index is 1.94. The summed E-state index contributed by atoms with van der Waals surface area (Å²) in [6, 6.07) is 12.2. The van der Waals surface area contributed by atoms with Crippen LogP contribution in [-0.4, -0.2) is 37.5 Å². The molecule has 3 rings (SSSR count). The third-order valence-electron chi connectivity index (χ3n) is 4.43. The van der Waals surface area contributed by atoms with Crippen LogP contribution in [0.15, 0.2) is 48.2 Å². The molecule has 29 heavy (non-hydrogen) atoms. The van der Waals surface area contributed by atoms with E-state index in [9.17, 15) is 9.59 Å². The lowest BCUT2D eigenvalue weighted by Gasteiger charge is -2.11. The highest BCUT2D eigenvalue weighted by molar-refractivity contribution is 6.36. The molecule has 1 heterocycles. The third kappa shape index (κ3) is 4.38. The first-order valence-electron chi connectivity index (χ1n) is 9.22. The molecule has 0 atom stereocenters. The third-order valence-corrected chi connectivity index (χ3v) is 4.73. The van der Waals surface area contributed by atoms with Crippen LogP contribution in [0.1, 0.15) is 19.4 Å². The van der Waals surface area contributed by atoms with E-state index in [0.717, 1.165) is 4.90 Å². The molecular weight excluding hydrogens is 392 g/mol. The predicted octanol–water partition coefficient (Wildman–Crippen LogP) is 4.21. The molecule has 1 aliphatic heterocycles. The smallest absolute Gasteiger partial charge is 0.277 e. The summed E-state index contributed by atoms with van der Waals surface area (Å²) in [6.45, 7) is 4.75. The molecule has 1 aliphatic rings. The van der Waals surface area contributed by atoms with Crippen LogP contribution in [0.25, 0.3) is 5.57 Å². The van der Waals surface area contributed by atoms with Crippen LogP contribution in [0.5, 0.6) is 11.5 Å². The predicted molar refractivity (Wildman–Crippen MR) is 113 cm³/mol. The van der Waals surface area contributed by atoms with Gasteiger partial charge < -0.3 is 14.8 Å². The molecule has 0 aromatic heterocycles. The van der Waals surface area contributed by atoms with Gasteiger partial charge in [0.05, 0.1) is 24.3 Å². The molecule has 152 valence electrons. The van der Waals surface area contributed by atoms with Crippen LogP contribution in [0.2, 0.25) is 5.02 Å². The van der Waals surface area contributed by atoms with Gasteiger partial charge in [-0.05, 0) is 41.8 Å². The summed E-state index contributed by atoms with van der Waals surface area (Å²) >= 11 is 6.17. The standard InChI is InChI=1S/C22H23ClN2O4/c1-13(2)12-29-16-8-5-14(6-9-16)19-20(22(27)25(3)21(19)26)24-15-7-10-18(28-4)17(23)11-15/h5-11,13,24H,12H2,1-4H3. The molecule has 2 aromatic rings. The van der Waals surface area contributed by atoms with Crippen LogP contribution >= 0.6 is 11.6 Å². The maximum absolute atomic E-state index is 12.7. The summed E-state index contributed by atoms with van der Waals surface area (Å²) in [7, 11) is 2.98. The Hall–Kier alpha value is -2.99. The molecule has 2 amide bonds. The van der Waals surface area contributed by atoms with Crippen LogP contribution in [0, 0.1) is 5.92 Å². The monoisotopic (exact) mass is 414 g/mol. The van der Waals surface area contributed by atoms with E-state index in [2.05, 4.69) is 19.2 Å². The molecule has 0 spiro atoms. The summed E-state index contributed by atoms with van der Waals surface area (Å²) in [4.78, 5) is 26.5. The van der Waals surface area contributed by atoms with Crippen molar-refractivity contribution in [3.05, 3.63) is 58.7 Å². The maximum Gasteiger partial charge on any atom is 0.277 e. The number of nitrogens with zero attached hydrogens (tertiary/aromatic N) is 1. The SMILES string of the molecule is COc1ccc(NC2=C(c3ccc(OCC(C)C)cc3)C(=O)N(C)C2=O)cc1Cl. The normalized spacial score (nSPS) is 14.1. The topological polar surface area (TPSA) is 67.9 Å². The number of rotatable bonds is 7. The number of halogens is 1. The number of anilines is 1. The molecule has 0 saturated heterocycles. The Morgan fingerprint density at radius 1 is 1.07 bits per heavy atom. The van der Waals surface area contributed by atoms with E-state index in [1.807, 2.05) is 0 Å². The van der Waals surface area contributed by atoms with Gasteiger partial charge in [0.1, 0.15) is 17.2 Å². The summed E-state index contributed by atoms with van der Waals surface area (Å²) in [5.74, 6) is 0.871. The van der Waals surface area contributed by atoms with Gasteiger partial charge in [0.25, 0.3) is 11.8 Å². The highest BCUT2D eigenvalue weighted by Gasteiger charge is 2.36. The molecule has 2 aromatic carbocycles. The van der Waals surface area contributed by atoms with Crippen molar-refractivity contribution in [2.75, 3.05) is 26.1 Å². The van der Waals surface area contributed by atoms with Crippen molar-refractivity contribution < 1.29 is 19.1 Å². The van der Waals surface area contributed by atoms with Gasteiger partial charge in [-0.3, -0.25) is 14.5 Å². The molecule has 1 N–H and O–H groups in total. The van der Waals surface area contributed by atoms with Gasteiger partial charge in [0.15, 0.2) is 0 Å². The summed E-state index contributed by atoms with van der Waals surface area (Å²) in [6.07, 6.45) is 0. The number of methoxy groups -OCH3 is 1. The first-order chi connectivity index (χ1) is 13.8. The maximum atomic E-state index is 12.7. The molecule has 0 bridgehead atoms. The zero-order chi connectivity index (χ0) is 21.1. The lowest BCUT2D eigenvalue weighted by Crippen LogP contribution is -2.27. The van der Waals surface area contributed by atoms with Crippen molar-refractivity contribution in [3.63, 3.8) is 0 Å². The number of ether oxygens (including phenoxy) is 2. The fraction of sp³-hybridized carbons (Fsp3) is 0.273. The van der Waals surface area contributed by atoms with Gasteiger partial charge >= 0.3 is 0 Å². The van der Waals surface area contributed by atoms with Gasteiger partial charge in [0, 0.05) is 12.7 Å². The lowest BCUT2D eigenvalue weighted by atomic mass is 10.0. The minimum atomic E-state index is -0.405. The second-order valence-corrected chi connectivity index (χ2v) is 7.53. The first kappa shape index (κ1) is 20.7. The molecule has 0 fully saturated rings. The molecule has 0 radical (unpaired) electrons. The number of hydrogen-bond donors (Lipinski definition) is 1. The van der Waals surface area contributed by atoms with Crippen LogP contribution < -0.4 is 14.8 Å². The number of carbonyl (C=O) groups excluding carboxylic acids is 2. The molecule has 0 saturated carbocycles. The lowest BCUT2D eigenvalue weighted by molar-refractivity contribution is -0.135. The fourth-order valence-corrected chi connectivity index (χ4v) is 3.15. The van der Waals surface area contributed by atoms with E-state index in [1.54, 1.807) is 42.5 Å². The number of likely N-dealkylation sites (N-methyl/N-ethyl adjacent to an activating group) is 1. The van der Waals surface area contributed by atoms with Gasteiger partial charge in [0.2, 0.25) is 0 Å². The summed E-state index contributed by atoms with van der Waals surface area (Å²) in [5.41, 5.74) is 1.72. The van der Waals surface area contributed by atoms with Crippen molar-refractivity contribution >= 4 is 34.7 Å². The van der Waals surface area contributed by atoms with Gasteiger partial charge in [-0.15, -0.1) is 0 Å². The van der Waals surface area contributed by atoms with E-state index in [0.29, 0.717) is 45.9 Å². The van der Waals surface area contributed by atoms with E-state index in [-0.39, 0.29) is 11.6 Å². The number of carbonyl (C=O) groups is 2. The Kier molecular flexibility index (Phi) is 6.13. The second-order valence-electron chi connectivity index (χ2n) is 7.12. The average molecular weight is 415 g/mol. The molecule has 7 heteroatoms. The van der Waals surface area contributed by atoms with Crippen LogP contribution in [0.4, 0.5) is 5.69 Å². The van der Waals surface area contributed by atoms with Crippen molar-refractivity contribution in [1.29, 1.82) is 0 Å². The Labute approximate surface area is 175 Å². The number of amides is 2. The van der Waals surface area contributed by atoms with E-state index < -0.39 is 5.91 Å². The highest BCUT2D eigenvalue weighted by atomic mass is 35.5. The zero-order valence-electron chi connectivity index (χ0n) is 16.8.